The van der Waals surface area contributed by atoms with E-state index < -0.39 is 0 Å². The van der Waals surface area contributed by atoms with Gasteiger partial charge in [-0.3, -0.25) is 0 Å². The topological polar surface area (TPSA) is 42.7 Å². The van der Waals surface area contributed by atoms with Crippen molar-refractivity contribution in [1.29, 1.82) is 0 Å². The number of nitrogens with zero attached hydrogens (tertiary/aromatic N) is 3. The van der Waals surface area contributed by atoms with E-state index >= 15 is 0 Å². The molecule has 2 aromatic heterocycles. The van der Waals surface area contributed by atoms with Crippen molar-refractivity contribution in [2.75, 3.05) is 5.32 Å². The summed E-state index contributed by atoms with van der Waals surface area (Å²) in [5, 5.41) is 7.88. The number of aromatic nitrogens is 3. The monoisotopic (exact) mass is 242 g/mol. The minimum atomic E-state index is 0.559. The highest BCUT2D eigenvalue weighted by molar-refractivity contribution is 5.57. The molecule has 1 aliphatic rings. The van der Waals surface area contributed by atoms with Gasteiger partial charge in [0.1, 0.15) is 0 Å². The van der Waals surface area contributed by atoms with Crippen molar-refractivity contribution >= 4 is 5.69 Å². The van der Waals surface area contributed by atoms with Crippen LogP contribution < -0.4 is 5.32 Å². The van der Waals surface area contributed by atoms with E-state index in [1.165, 1.54) is 12.8 Å². The molecule has 0 amide bonds. The Hall–Kier alpha value is -1.84. The molecule has 1 N–H and O–H groups in total. The Labute approximate surface area is 107 Å². The number of hydrogen-bond acceptors (Lipinski definition) is 3. The van der Waals surface area contributed by atoms with Crippen LogP contribution in [0.25, 0.3) is 5.82 Å². The van der Waals surface area contributed by atoms with E-state index in [0.29, 0.717) is 6.04 Å². The Balaban J connectivity index is 1.87. The van der Waals surface area contributed by atoms with Crippen molar-refractivity contribution in [2.45, 2.75) is 32.2 Å². The summed E-state index contributed by atoms with van der Waals surface area (Å²) in [4.78, 5) is 4.43. The molecule has 0 saturated heterocycles. The van der Waals surface area contributed by atoms with Crippen LogP contribution in [-0.2, 0) is 0 Å². The third kappa shape index (κ3) is 2.23. The van der Waals surface area contributed by atoms with Crippen LogP contribution in [0.3, 0.4) is 0 Å². The second-order valence-electron chi connectivity index (χ2n) is 4.82. The number of hydrogen-bond donors (Lipinski definition) is 1. The molecule has 1 aliphatic carbocycles. The van der Waals surface area contributed by atoms with E-state index in [2.05, 4.69) is 28.4 Å². The van der Waals surface area contributed by atoms with Crippen molar-refractivity contribution in [1.82, 2.24) is 14.8 Å². The van der Waals surface area contributed by atoms with Crippen LogP contribution >= 0.6 is 0 Å². The van der Waals surface area contributed by atoms with E-state index in [-0.39, 0.29) is 0 Å². The third-order valence-electron chi connectivity index (χ3n) is 3.48. The Bertz CT molecular complexity index is 502. The summed E-state index contributed by atoms with van der Waals surface area (Å²) in [5.41, 5.74) is 1.07. The van der Waals surface area contributed by atoms with Gasteiger partial charge in [-0.2, -0.15) is 5.10 Å². The summed E-state index contributed by atoms with van der Waals surface area (Å²) in [7, 11) is 0. The fraction of sp³-hybridized carbons (Fsp3) is 0.429. The molecule has 94 valence electrons. The van der Waals surface area contributed by atoms with Gasteiger partial charge in [-0.1, -0.05) is 6.92 Å². The molecule has 0 spiro atoms. The van der Waals surface area contributed by atoms with Gasteiger partial charge in [-0.15, -0.1) is 0 Å². The van der Waals surface area contributed by atoms with Crippen LogP contribution in [0.5, 0.6) is 0 Å². The first-order valence-corrected chi connectivity index (χ1v) is 6.60. The summed E-state index contributed by atoms with van der Waals surface area (Å²) >= 11 is 0. The van der Waals surface area contributed by atoms with Gasteiger partial charge < -0.3 is 5.32 Å². The molecule has 4 heteroatoms. The number of rotatable bonds is 5. The van der Waals surface area contributed by atoms with Crippen LogP contribution in [0.2, 0.25) is 0 Å². The quantitative estimate of drug-likeness (QED) is 0.876. The molecule has 0 bridgehead atoms. The Morgan fingerprint density at radius 2 is 2.28 bits per heavy atom. The van der Waals surface area contributed by atoms with Crippen molar-refractivity contribution in [3.05, 3.63) is 36.8 Å². The Morgan fingerprint density at radius 3 is 2.94 bits per heavy atom. The highest BCUT2D eigenvalue weighted by Gasteiger charge is 2.30. The SMILES string of the molecule is CCC(Nc1cccnc1-n1cccn1)C1CC1. The maximum atomic E-state index is 4.43. The molecule has 0 radical (unpaired) electrons. The molecule has 0 aliphatic heterocycles. The summed E-state index contributed by atoms with van der Waals surface area (Å²) in [6.07, 6.45) is 9.35. The molecule has 18 heavy (non-hydrogen) atoms. The minimum absolute atomic E-state index is 0.559. The average molecular weight is 242 g/mol. The van der Waals surface area contributed by atoms with Gasteiger partial charge in [-0.05, 0) is 43.4 Å². The molecule has 1 unspecified atom stereocenters. The Kier molecular flexibility index (Phi) is 3.00. The van der Waals surface area contributed by atoms with Gasteiger partial charge in [0.25, 0.3) is 0 Å². The van der Waals surface area contributed by atoms with Crippen molar-refractivity contribution in [3.8, 4) is 5.82 Å². The van der Waals surface area contributed by atoms with E-state index in [1.807, 2.05) is 23.0 Å². The molecule has 1 fully saturated rings. The second kappa shape index (κ2) is 4.80. The molecule has 1 atom stereocenters. The molecule has 0 aromatic carbocycles. The molecule has 3 rings (SSSR count). The number of pyridine rings is 1. The predicted molar refractivity (Wildman–Crippen MR) is 71.8 cm³/mol. The lowest BCUT2D eigenvalue weighted by Gasteiger charge is -2.19. The van der Waals surface area contributed by atoms with Crippen LogP contribution in [0.1, 0.15) is 26.2 Å². The zero-order chi connectivity index (χ0) is 12.4. The summed E-state index contributed by atoms with van der Waals surface area (Å²) in [5.74, 6) is 1.71. The Morgan fingerprint density at radius 1 is 1.39 bits per heavy atom. The zero-order valence-electron chi connectivity index (χ0n) is 10.6. The van der Waals surface area contributed by atoms with Crippen LogP contribution in [0.15, 0.2) is 36.8 Å². The molecular weight excluding hydrogens is 224 g/mol. The molecular formula is C14H18N4. The van der Waals surface area contributed by atoms with Crippen LogP contribution in [0.4, 0.5) is 5.69 Å². The summed E-state index contributed by atoms with van der Waals surface area (Å²) in [6, 6.07) is 6.52. The first kappa shape index (κ1) is 11.3. The lowest BCUT2D eigenvalue weighted by molar-refractivity contribution is 0.615. The summed E-state index contributed by atoms with van der Waals surface area (Å²) < 4.78 is 1.81. The smallest absolute Gasteiger partial charge is 0.176 e. The first-order valence-electron chi connectivity index (χ1n) is 6.60. The van der Waals surface area contributed by atoms with E-state index in [4.69, 9.17) is 0 Å². The van der Waals surface area contributed by atoms with Gasteiger partial charge in [0.15, 0.2) is 5.82 Å². The minimum Gasteiger partial charge on any atom is -0.379 e. The second-order valence-corrected chi connectivity index (χ2v) is 4.82. The van der Waals surface area contributed by atoms with Gasteiger partial charge in [0.05, 0.1) is 5.69 Å². The molecule has 4 nitrogen and oxygen atoms in total. The maximum Gasteiger partial charge on any atom is 0.176 e. The lowest BCUT2D eigenvalue weighted by Crippen LogP contribution is -2.22. The molecule has 1 saturated carbocycles. The molecule has 2 aromatic rings. The van der Waals surface area contributed by atoms with Gasteiger partial charge in [0, 0.05) is 24.6 Å². The largest absolute Gasteiger partial charge is 0.379 e. The van der Waals surface area contributed by atoms with Crippen molar-refractivity contribution in [2.24, 2.45) is 5.92 Å². The lowest BCUT2D eigenvalue weighted by atomic mass is 10.1. The fourth-order valence-electron chi connectivity index (χ4n) is 2.34. The van der Waals surface area contributed by atoms with Gasteiger partial charge in [-0.25, -0.2) is 9.67 Å². The third-order valence-corrected chi connectivity index (χ3v) is 3.48. The van der Waals surface area contributed by atoms with Gasteiger partial charge in [0.2, 0.25) is 0 Å². The van der Waals surface area contributed by atoms with Crippen LogP contribution in [0, 0.1) is 5.92 Å². The molecule has 2 heterocycles. The first-order chi connectivity index (χ1) is 8.88. The van der Waals surface area contributed by atoms with E-state index in [9.17, 15) is 0 Å². The van der Waals surface area contributed by atoms with E-state index in [0.717, 1.165) is 23.8 Å². The maximum absolute atomic E-state index is 4.43. The van der Waals surface area contributed by atoms with Crippen molar-refractivity contribution < 1.29 is 0 Å². The highest BCUT2D eigenvalue weighted by atomic mass is 15.3. The number of anilines is 1. The van der Waals surface area contributed by atoms with Crippen molar-refractivity contribution in [3.63, 3.8) is 0 Å². The standard InChI is InChI=1S/C14H18N4/c1-2-12(11-6-7-11)17-13-5-3-8-15-14(13)18-10-4-9-16-18/h3-5,8-12,17H,2,6-7H2,1H3. The predicted octanol–water partition coefficient (Wildman–Crippen LogP) is 2.87. The van der Waals surface area contributed by atoms with E-state index in [1.54, 1.807) is 12.4 Å². The fourth-order valence-corrected chi connectivity index (χ4v) is 2.34. The van der Waals surface area contributed by atoms with Crippen LogP contribution in [-0.4, -0.2) is 20.8 Å². The zero-order valence-corrected chi connectivity index (χ0v) is 10.6. The number of nitrogens with one attached hydrogen (secondary N) is 1. The summed E-state index contributed by atoms with van der Waals surface area (Å²) in [6.45, 7) is 2.24. The van der Waals surface area contributed by atoms with Gasteiger partial charge >= 0.3 is 0 Å². The highest BCUT2D eigenvalue weighted by Crippen LogP contribution is 2.36. The normalized spacial score (nSPS) is 16.5. The average Bonchev–Trinajstić information content (AvgIpc) is 3.11.